The molecular formula is C24H25BrClN3O3. The van der Waals surface area contributed by atoms with Gasteiger partial charge in [0.15, 0.2) is 5.78 Å². The van der Waals surface area contributed by atoms with Gasteiger partial charge >= 0.3 is 6.03 Å². The summed E-state index contributed by atoms with van der Waals surface area (Å²) in [6.45, 7) is 4.23. The van der Waals surface area contributed by atoms with Crippen molar-refractivity contribution in [2.75, 3.05) is 31.5 Å². The molecule has 4 rings (SSSR count). The van der Waals surface area contributed by atoms with Crippen LogP contribution in [0.3, 0.4) is 0 Å². The van der Waals surface area contributed by atoms with Crippen LogP contribution in [0.5, 0.6) is 0 Å². The fourth-order valence-corrected chi connectivity index (χ4v) is 5.24. The summed E-state index contributed by atoms with van der Waals surface area (Å²) in [4.78, 5) is 40.8. The van der Waals surface area contributed by atoms with Gasteiger partial charge in [-0.15, -0.1) is 0 Å². The molecule has 2 heterocycles. The van der Waals surface area contributed by atoms with Crippen molar-refractivity contribution in [3.63, 3.8) is 0 Å². The molecule has 0 radical (unpaired) electrons. The molecule has 2 aromatic carbocycles. The molecule has 0 bridgehead atoms. The number of hydrogen-bond donors (Lipinski definition) is 1. The van der Waals surface area contributed by atoms with E-state index in [1.807, 2.05) is 15.9 Å². The number of anilines is 1. The molecule has 32 heavy (non-hydrogen) atoms. The van der Waals surface area contributed by atoms with Crippen molar-refractivity contribution in [2.24, 2.45) is 5.41 Å². The standard InChI is InChI=1S/C24H25BrClN3O3/c1-16(30)17-2-4-18(5-3-17)22(31)28-11-8-24(9-12-28)10-13-29(15-24)23(32)27-21-7-6-19(25)14-20(21)26/h2-7,14H,8-13,15H2,1H3,(H,27,32). The number of halogens is 2. The second kappa shape index (κ2) is 9.24. The van der Waals surface area contributed by atoms with E-state index in [-0.39, 0.29) is 23.1 Å². The Morgan fingerprint density at radius 1 is 0.938 bits per heavy atom. The van der Waals surface area contributed by atoms with Crippen LogP contribution in [0.1, 0.15) is 46.9 Å². The summed E-state index contributed by atoms with van der Waals surface area (Å²) in [7, 11) is 0. The molecule has 2 aliphatic rings. The molecule has 0 saturated carbocycles. The van der Waals surface area contributed by atoms with Crippen LogP contribution >= 0.6 is 27.5 Å². The number of ketones is 1. The van der Waals surface area contributed by atoms with E-state index >= 15 is 0 Å². The highest BCUT2D eigenvalue weighted by atomic mass is 79.9. The van der Waals surface area contributed by atoms with Crippen molar-refractivity contribution in [1.29, 1.82) is 0 Å². The highest BCUT2D eigenvalue weighted by Gasteiger charge is 2.42. The summed E-state index contributed by atoms with van der Waals surface area (Å²) >= 11 is 9.59. The highest BCUT2D eigenvalue weighted by Crippen LogP contribution is 2.41. The Kier molecular flexibility index (Phi) is 6.58. The third-order valence-electron chi connectivity index (χ3n) is 6.55. The summed E-state index contributed by atoms with van der Waals surface area (Å²) in [6, 6.07) is 12.1. The lowest BCUT2D eigenvalue weighted by atomic mass is 9.77. The number of hydrogen-bond acceptors (Lipinski definition) is 3. The molecule has 1 spiro atoms. The quantitative estimate of drug-likeness (QED) is 0.548. The van der Waals surface area contributed by atoms with Crippen LogP contribution in [0.25, 0.3) is 0 Å². The average molecular weight is 519 g/mol. The van der Waals surface area contributed by atoms with E-state index < -0.39 is 0 Å². The second-order valence-electron chi connectivity index (χ2n) is 8.65. The van der Waals surface area contributed by atoms with Gasteiger partial charge in [0, 0.05) is 41.8 Å². The van der Waals surface area contributed by atoms with E-state index in [4.69, 9.17) is 11.6 Å². The van der Waals surface area contributed by atoms with Crippen LogP contribution in [0.2, 0.25) is 5.02 Å². The van der Waals surface area contributed by atoms with E-state index in [1.54, 1.807) is 36.4 Å². The SMILES string of the molecule is CC(=O)c1ccc(C(=O)N2CCC3(CCN(C(=O)Nc4ccc(Br)cc4Cl)C3)CC2)cc1. The normalized spacial score (nSPS) is 17.5. The second-order valence-corrected chi connectivity index (χ2v) is 9.97. The van der Waals surface area contributed by atoms with Crippen LogP contribution in [-0.2, 0) is 0 Å². The van der Waals surface area contributed by atoms with E-state index in [1.165, 1.54) is 6.92 Å². The number of benzene rings is 2. The first kappa shape index (κ1) is 22.8. The number of Topliss-reactive ketones (excluding diaryl/α,β-unsaturated/α-hetero) is 1. The first-order valence-electron chi connectivity index (χ1n) is 10.7. The molecule has 0 atom stereocenters. The minimum absolute atomic E-state index is 0.00701. The van der Waals surface area contributed by atoms with Gasteiger partial charge in [0.05, 0.1) is 10.7 Å². The number of nitrogens with zero attached hydrogens (tertiary/aromatic N) is 2. The van der Waals surface area contributed by atoms with Gasteiger partial charge in [-0.2, -0.15) is 0 Å². The zero-order valence-electron chi connectivity index (χ0n) is 17.9. The van der Waals surface area contributed by atoms with E-state index in [0.29, 0.717) is 48.0 Å². The topological polar surface area (TPSA) is 69.7 Å². The predicted octanol–water partition coefficient (Wildman–Crippen LogP) is 5.47. The molecule has 0 unspecified atom stereocenters. The van der Waals surface area contributed by atoms with E-state index in [2.05, 4.69) is 21.2 Å². The Hall–Kier alpha value is -2.38. The van der Waals surface area contributed by atoms with Crippen molar-refractivity contribution in [2.45, 2.75) is 26.2 Å². The third kappa shape index (κ3) is 4.84. The number of amides is 3. The molecule has 2 fully saturated rings. The number of likely N-dealkylation sites (tertiary alicyclic amines) is 2. The van der Waals surface area contributed by atoms with Gasteiger partial charge in [-0.05, 0) is 61.9 Å². The maximum Gasteiger partial charge on any atom is 0.321 e. The van der Waals surface area contributed by atoms with Gasteiger partial charge in [-0.1, -0.05) is 39.7 Å². The smallest absolute Gasteiger partial charge is 0.321 e. The Labute approximate surface area is 201 Å². The number of rotatable bonds is 3. The number of piperidine rings is 1. The molecule has 168 valence electrons. The molecule has 1 N–H and O–H groups in total. The van der Waals surface area contributed by atoms with Gasteiger partial charge in [0.1, 0.15) is 0 Å². The molecule has 2 saturated heterocycles. The molecule has 3 amide bonds. The minimum Gasteiger partial charge on any atom is -0.339 e. The van der Waals surface area contributed by atoms with E-state index in [0.717, 1.165) is 23.7 Å². The highest BCUT2D eigenvalue weighted by molar-refractivity contribution is 9.10. The Balaban J connectivity index is 1.33. The molecular weight excluding hydrogens is 494 g/mol. The molecule has 2 aliphatic heterocycles. The number of carbonyl (C=O) groups excluding carboxylic acids is 3. The maximum atomic E-state index is 12.9. The van der Waals surface area contributed by atoms with Crippen LogP contribution in [0.15, 0.2) is 46.9 Å². The summed E-state index contributed by atoms with van der Waals surface area (Å²) < 4.78 is 0.858. The van der Waals surface area contributed by atoms with Crippen molar-refractivity contribution in [1.82, 2.24) is 9.80 Å². The van der Waals surface area contributed by atoms with Crippen LogP contribution < -0.4 is 5.32 Å². The van der Waals surface area contributed by atoms with Crippen LogP contribution in [-0.4, -0.2) is 53.7 Å². The van der Waals surface area contributed by atoms with Gasteiger partial charge in [0.2, 0.25) is 0 Å². The van der Waals surface area contributed by atoms with Gasteiger partial charge in [-0.3, -0.25) is 9.59 Å². The Morgan fingerprint density at radius 2 is 1.53 bits per heavy atom. The first-order chi connectivity index (χ1) is 15.3. The van der Waals surface area contributed by atoms with Crippen molar-refractivity contribution in [3.05, 3.63) is 63.1 Å². The van der Waals surface area contributed by atoms with Crippen molar-refractivity contribution in [3.8, 4) is 0 Å². The molecule has 0 aliphatic carbocycles. The van der Waals surface area contributed by atoms with Crippen LogP contribution in [0, 0.1) is 5.41 Å². The summed E-state index contributed by atoms with van der Waals surface area (Å²) in [5, 5.41) is 3.40. The molecule has 2 aromatic rings. The Bertz CT molecular complexity index is 1050. The largest absolute Gasteiger partial charge is 0.339 e. The monoisotopic (exact) mass is 517 g/mol. The van der Waals surface area contributed by atoms with Gasteiger partial charge in [0.25, 0.3) is 5.91 Å². The predicted molar refractivity (Wildman–Crippen MR) is 128 cm³/mol. The summed E-state index contributed by atoms with van der Waals surface area (Å²) in [5.41, 5.74) is 1.85. The number of urea groups is 1. The lowest BCUT2D eigenvalue weighted by molar-refractivity contribution is 0.0594. The minimum atomic E-state index is -0.143. The fraction of sp³-hybridized carbons (Fsp3) is 0.375. The van der Waals surface area contributed by atoms with E-state index in [9.17, 15) is 14.4 Å². The molecule has 0 aromatic heterocycles. The van der Waals surface area contributed by atoms with Crippen LogP contribution in [0.4, 0.5) is 10.5 Å². The summed E-state index contributed by atoms with van der Waals surface area (Å²) in [5.74, 6) is -0.0198. The molecule has 8 heteroatoms. The first-order valence-corrected chi connectivity index (χ1v) is 11.8. The van der Waals surface area contributed by atoms with Gasteiger partial charge < -0.3 is 15.1 Å². The average Bonchev–Trinajstić information content (AvgIpc) is 3.19. The van der Waals surface area contributed by atoms with Crippen molar-refractivity contribution >= 4 is 50.9 Å². The zero-order valence-corrected chi connectivity index (χ0v) is 20.2. The fourth-order valence-electron chi connectivity index (χ4n) is 4.52. The lowest BCUT2D eigenvalue weighted by Crippen LogP contribution is -2.45. The lowest BCUT2D eigenvalue weighted by Gasteiger charge is -2.39. The number of nitrogens with one attached hydrogen (secondary N) is 1. The van der Waals surface area contributed by atoms with Crippen molar-refractivity contribution < 1.29 is 14.4 Å². The zero-order chi connectivity index (χ0) is 22.9. The maximum absolute atomic E-state index is 12.9. The number of carbonyl (C=O) groups is 3. The molecule has 6 nitrogen and oxygen atoms in total. The Morgan fingerprint density at radius 3 is 2.12 bits per heavy atom. The third-order valence-corrected chi connectivity index (χ3v) is 7.35. The van der Waals surface area contributed by atoms with Gasteiger partial charge in [-0.25, -0.2) is 4.79 Å². The summed E-state index contributed by atoms with van der Waals surface area (Å²) in [6.07, 6.45) is 2.67.